The van der Waals surface area contributed by atoms with E-state index in [1.54, 1.807) is 11.0 Å². The van der Waals surface area contributed by atoms with E-state index in [0.29, 0.717) is 10.8 Å². The summed E-state index contributed by atoms with van der Waals surface area (Å²) < 4.78 is 0. The molecule has 0 saturated heterocycles. The molecule has 2 amide bonds. The highest BCUT2D eigenvalue weighted by Gasteiger charge is 2.38. The number of carbonyl (C=O) groups excluding carboxylic acids is 2. The number of anilines is 2. The van der Waals surface area contributed by atoms with Crippen LogP contribution in [0.1, 0.15) is 44.7 Å². The Kier molecular flexibility index (Phi) is 6.09. The number of benzene rings is 1. The molecule has 1 heterocycles. The third-order valence-corrected chi connectivity index (χ3v) is 6.98. The molecule has 152 valence electrons. The minimum atomic E-state index is -0.0977. The second kappa shape index (κ2) is 8.91. The molecule has 2 aromatic rings. The Morgan fingerprint density at radius 3 is 2.76 bits per heavy atom. The van der Waals surface area contributed by atoms with E-state index in [0.717, 1.165) is 36.4 Å². The summed E-state index contributed by atoms with van der Waals surface area (Å²) in [6.07, 6.45) is 9.88. The Bertz CT molecular complexity index is 893. The van der Waals surface area contributed by atoms with Gasteiger partial charge >= 0.3 is 0 Å². The van der Waals surface area contributed by atoms with Gasteiger partial charge in [0, 0.05) is 24.9 Å². The molecular formula is C23H27N3O2S. The quantitative estimate of drug-likeness (QED) is 0.669. The van der Waals surface area contributed by atoms with Gasteiger partial charge < -0.3 is 5.32 Å². The van der Waals surface area contributed by atoms with Crippen LogP contribution >= 0.6 is 11.3 Å². The molecule has 3 unspecified atom stereocenters. The average Bonchev–Trinajstić information content (AvgIpc) is 3.44. The number of nitrogens with zero attached hydrogens (tertiary/aromatic N) is 2. The molecule has 0 aliphatic heterocycles. The Morgan fingerprint density at radius 1 is 1.24 bits per heavy atom. The van der Waals surface area contributed by atoms with Gasteiger partial charge in [-0.25, -0.2) is 4.98 Å². The molecule has 2 fully saturated rings. The van der Waals surface area contributed by atoms with Gasteiger partial charge in [-0.3, -0.25) is 14.5 Å². The molecule has 2 saturated carbocycles. The first-order chi connectivity index (χ1) is 14.1. The topological polar surface area (TPSA) is 62.3 Å². The van der Waals surface area contributed by atoms with Crippen LogP contribution in [-0.2, 0) is 9.59 Å². The number of para-hydroxylation sites is 1. The lowest BCUT2D eigenvalue weighted by atomic mass is 9.86. The van der Waals surface area contributed by atoms with Crippen molar-refractivity contribution in [3.63, 3.8) is 0 Å². The molecule has 0 spiro atoms. The number of rotatable bonds is 7. The second-order valence-corrected chi connectivity index (χ2v) is 8.93. The highest BCUT2D eigenvalue weighted by Crippen LogP contribution is 2.49. The first kappa shape index (κ1) is 19.8. The predicted octanol–water partition coefficient (Wildman–Crippen LogP) is 4.78. The zero-order valence-corrected chi connectivity index (χ0v) is 17.5. The minimum Gasteiger partial charge on any atom is -0.353 e. The largest absolute Gasteiger partial charge is 0.353 e. The molecule has 6 heteroatoms. The maximum Gasteiger partial charge on any atom is 0.244 e. The van der Waals surface area contributed by atoms with Gasteiger partial charge in [0.05, 0.1) is 11.4 Å². The molecule has 2 aliphatic rings. The molecule has 0 radical (unpaired) electrons. The Balaban J connectivity index is 1.30. The first-order valence-corrected chi connectivity index (χ1v) is 11.3. The fraction of sp³-hybridized carbons (Fsp3) is 0.435. The fourth-order valence-corrected chi connectivity index (χ4v) is 5.65. The van der Waals surface area contributed by atoms with Crippen LogP contribution in [0.25, 0.3) is 6.08 Å². The van der Waals surface area contributed by atoms with Crippen molar-refractivity contribution in [1.82, 2.24) is 10.3 Å². The number of nitrogens with one attached hydrogen (secondary N) is 1. The fourth-order valence-electron chi connectivity index (χ4n) is 4.79. The van der Waals surface area contributed by atoms with Crippen molar-refractivity contribution in [2.45, 2.75) is 39.0 Å². The van der Waals surface area contributed by atoms with Crippen LogP contribution in [0.5, 0.6) is 0 Å². The van der Waals surface area contributed by atoms with Gasteiger partial charge in [-0.15, -0.1) is 11.3 Å². The third-order valence-electron chi connectivity index (χ3n) is 6.13. The predicted molar refractivity (Wildman–Crippen MR) is 117 cm³/mol. The molecule has 2 aliphatic carbocycles. The van der Waals surface area contributed by atoms with Gasteiger partial charge in [0.2, 0.25) is 11.8 Å². The summed E-state index contributed by atoms with van der Waals surface area (Å²) in [7, 11) is 0. The van der Waals surface area contributed by atoms with E-state index < -0.39 is 0 Å². The number of thiazole rings is 1. The van der Waals surface area contributed by atoms with Crippen molar-refractivity contribution in [3.05, 3.63) is 47.5 Å². The molecule has 4 rings (SSSR count). The first-order valence-electron chi connectivity index (χ1n) is 10.4. The van der Waals surface area contributed by atoms with E-state index in [1.165, 1.54) is 50.0 Å². The van der Waals surface area contributed by atoms with Crippen LogP contribution in [0.4, 0.5) is 10.8 Å². The normalized spacial score (nSPS) is 22.9. The lowest BCUT2D eigenvalue weighted by Crippen LogP contribution is -2.25. The number of aromatic nitrogens is 1. The summed E-state index contributed by atoms with van der Waals surface area (Å²) in [6.45, 7) is 2.26. The van der Waals surface area contributed by atoms with Crippen molar-refractivity contribution in [2.75, 3.05) is 11.4 Å². The van der Waals surface area contributed by atoms with Crippen molar-refractivity contribution in [1.29, 1.82) is 0 Å². The summed E-state index contributed by atoms with van der Waals surface area (Å²) in [4.78, 5) is 30.3. The van der Waals surface area contributed by atoms with E-state index in [-0.39, 0.29) is 11.8 Å². The molecule has 1 aromatic heterocycles. The van der Waals surface area contributed by atoms with E-state index in [4.69, 9.17) is 0 Å². The highest BCUT2D eigenvalue weighted by molar-refractivity contribution is 7.14. The van der Waals surface area contributed by atoms with Crippen molar-refractivity contribution >= 4 is 40.0 Å². The van der Waals surface area contributed by atoms with Crippen LogP contribution in [0.15, 0.2) is 41.8 Å². The van der Waals surface area contributed by atoms with Gasteiger partial charge in [-0.2, -0.15) is 0 Å². The Hall–Kier alpha value is -2.47. The molecule has 2 bridgehead atoms. The van der Waals surface area contributed by atoms with Gasteiger partial charge in [-0.05, 0) is 61.6 Å². The molecule has 29 heavy (non-hydrogen) atoms. The average molecular weight is 410 g/mol. The smallest absolute Gasteiger partial charge is 0.244 e. The maximum atomic E-state index is 12.1. The molecule has 3 atom stereocenters. The summed E-state index contributed by atoms with van der Waals surface area (Å²) in [5.41, 5.74) is 1.46. The number of hydrogen-bond acceptors (Lipinski definition) is 4. The van der Waals surface area contributed by atoms with Crippen molar-refractivity contribution in [3.8, 4) is 0 Å². The van der Waals surface area contributed by atoms with Crippen molar-refractivity contribution in [2.24, 2.45) is 17.8 Å². The lowest BCUT2D eigenvalue weighted by molar-refractivity contribution is -0.117. The Labute approximate surface area is 175 Å². The monoisotopic (exact) mass is 409 g/mol. The van der Waals surface area contributed by atoms with Crippen LogP contribution in [0.3, 0.4) is 0 Å². The van der Waals surface area contributed by atoms with Crippen molar-refractivity contribution < 1.29 is 9.59 Å². The zero-order valence-electron chi connectivity index (χ0n) is 16.7. The van der Waals surface area contributed by atoms with E-state index >= 15 is 0 Å². The summed E-state index contributed by atoms with van der Waals surface area (Å²) in [5, 5.41) is 5.45. The van der Waals surface area contributed by atoms with Crippen LogP contribution in [0, 0.1) is 17.8 Å². The van der Waals surface area contributed by atoms with Crippen LogP contribution in [0.2, 0.25) is 0 Å². The molecular weight excluding hydrogens is 382 g/mol. The van der Waals surface area contributed by atoms with Gasteiger partial charge in [0.1, 0.15) is 0 Å². The van der Waals surface area contributed by atoms with Gasteiger partial charge in [0.25, 0.3) is 0 Å². The number of fused-ring (bicyclic) bond motifs is 2. The number of amides is 2. The molecule has 5 nitrogen and oxygen atoms in total. The van der Waals surface area contributed by atoms with E-state index in [1.807, 2.05) is 35.7 Å². The second-order valence-electron chi connectivity index (χ2n) is 8.09. The lowest BCUT2D eigenvalue weighted by Gasteiger charge is -2.21. The SMILES string of the molecule is CC(=O)N(c1ccccc1)c1nc(/C=C/C(=O)NCCC2CC3CCC2C3)cs1. The van der Waals surface area contributed by atoms with Gasteiger partial charge in [0.15, 0.2) is 5.13 Å². The summed E-state index contributed by atoms with van der Waals surface area (Å²) in [6, 6.07) is 9.44. The highest BCUT2D eigenvalue weighted by atomic mass is 32.1. The summed E-state index contributed by atoms with van der Waals surface area (Å²) in [5.74, 6) is 2.46. The van der Waals surface area contributed by atoms with E-state index in [2.05, 4.69) is 10.3 Å². The maximum absolute atomic E-state index is 12.1. The van der Waals surface area contributed by atoms with E-state index in [9.17, 15) is 9.59 Å². The summed E-state index contributed by atoms with van der Waals surface area (Å²) >= 11 is 1.38. The number of hydrogen-bond donors (Lipinski definition) is 1. The third kappa shape index (κ3) is 4.75. The minimum absolute atomic E-state index is 0.0887. The zero-order chi connectivity index (χ0) is 20.2. The number of carbonyl (C=O) groups is 2. The Morgan fingerprint density at radius 2 is 2.07 bits per heavy atom. The van der Waals surface area contributed by atoms with Gasteiger partial charge in [-0.1, -0.05) is 24.6 Å². The van der Waals surface area contributed by atoms with Crippen LogP contribution < -0.4 is 10.2 Å². The van der Waals surface area contributed by atoms with Crippen LogP contribution in [-0.4, -0.2) is 23.3 Å². The molecule has 1 N–H and O–H groups in total. The standard InChI is InChI=1S/C23H27N3O2S/c1-16(27)26(21-5-3-2-4-6-21)23-25-20(15-29-23)9-10-22(28)24-12-11-19-14-17-7-8-18(19)13-17/h2-6,9-10,15,17-19H,7-8,11-14H2,1H3,(H,24,28)/b10-9+. The molecule has 1 aromatic carbocycles.